The Morgan fingerprint density at radius 1 is 1.42 bits per heavy atom. The summed E-state index contributed by atoms with van der Waals surface area (Å²) in [5.41, 5.74) is 8.55. The molecule has 0 spiro atoms. The third kappa shape index (κ3) is 1.88. The number of nitrogen functional groups attached to an aromatic ring is 1. The molecule has 1 aliphatic heterocycles. The van der Waals surface area contributed by atoms with E-state index in [1.165, 1.54) is 0 Å². The number of hydrogen-bond acceptors (Lipinski definition) is 5. The van der Waals surface area contributed by atoms with Crippen LogP contribution >= 0.6 is 0 Å². The maximum Gasteiger partial charge on any atom is 0.184 e. The molecule has 2 aromatic rings. The van der Waals surface area contributed by atoms with Crippen LogP contribution in [0, 0.1) is 6.92 Å². The van der Waals surface area contributed by atoms with Crippen LogP contribution in [0.4, 0.5) is 5.69 Å². The first-order valence-corrected chi connectivity index (χ1v) is 6.34. The Kier molecular flexibility index (Phi) is 2.74. The highest BCUT2D eigenvalue weighted by Crippen LogP contribution is 2.33. The van der Waals surface area contributed by atoms with Crippen LogP contribution in [0.15, 0.2) is 18.2 Å². The zero-order valence-corrected chi connectivity index (χ0v) is 11.1. The second-order valence-electron chi connectivity index (χ2n) is 5.25. The molecular formula is C13H17N5O. The van der Waals surface area contributed by atoms with Crippen LogP contribution in [-0.4, -0.2) is 33.4 Å². The van der Waals surface area contributed by atoms with E-state index in [4.69, 9.17) is 10.5 Å². The van der Waals surface area contributed by atoms with Crippen molar-refractivity contribution in [2.24, 2.45) is 0 Å². The summed E-state index contributed by atoms with van der Waals surface area (Å²) in [4.78, 5) is 0. The van der Waals surface area contributed by atoms with Crippen molar-refractivity contribution in [1.29, 1.82) is 0 Å². The molecule has 1 saturated heterocycles. The summed E-state index contributed by atoms with van der Waals surface area (Å²) in [5, 5.41) is 12.1. The number of ether oxygens (including phenoxy) is 1. The second-order valence-corrected chi connectivity index (χ2v) is 5.25. The first kappa shape index (κ1) is 12.1. The van der Waals surface area contributed by atoms with Crippen molar-refractivity contribution in [2.75, 3.05) is 18.9 Å². The van der Waals surface area contributed by atoms with Crippen LogP contribution in [0.1, 0.15) is 18.9 Å². The van der Waals surface area contributed by atoms with Gasteiger partial charge in [0, 0.05) is 17.9 Å². The minimum absolute atomic E-state index is 0.201. The Morgan fingerprint density at radius 3 is 2.95 bits per heavy atom. The van der Waals surface area contributed by atoms with E-state index in [0.717, 1.165) is 24.2 Å². The highest BCUT2D eigenvalue weighted by Gasteiger charge is 2.36. The highest BCUT2D eigenvalue weighted by molar-refractivity contribution is 5.74. The van der Waals surface area contributed by atoms with Gasteiger partial charge in [-0.2, -0.15) is 0 Å². The molecular weight excluding hydrogens is 242 g/mol. The third-order valence-corrected chi connectivity index (χ3v) is 3.71. The Balaban J connectivity index is 2.15. The number of rotatable bonds is 2. The number of benzene rings is 1. The number of nitrogens with two attached hydrogens (primary N) is 1. The smallest absolute Gasteiger partial charge is 0.184 e. The molecule has 2 heterocycles. The molecule has 1 aromatic carbocycles. The van der Waals surface area contributed by atoms with E-state index in [-0.39, 0.29) is 5.54 Å². The average molecular weight is 259 g/mol. The molecule has 1 unspecified atom stereocenters. The lowest BCUT2D eigenvalue weighted by atomic mass is 10.00. The Morgan fingerprint density at radius 2 is 2.26 bits per heavy atom. The summed E-state index contributed by atoms with van der Waals surface area (Å²) in [6.45, 7) is 5.47. The van der Waals surface area contributed by atoms with Crippen LogP contribution in [0.2, 0.25) is 0 Å². The molecule has 0 amide bonds. The van der Waals surface area contributed by atoms with E-state index < -0.39 is 0 Å². The molecule has 0 radical (unpaired) electrons. The Bertz CT molecular complexity index is 581. The second kappa shape index (κ2) is 4.31. The van der Waals surface area contributed by atoms with Gasteiger partial charge in [-0.3, -0.25) is 0 Å². The van der Waals surface area contributed by atoms with E-state index in [1.54, 1.807) is 0 Å². The monoisotopic (exact) mass is 259 g/mol. The van der Waals surface area contributed by atoms with Gasteiger partial charge in [-0.15, -0.1) is 5.10 Å². The number of aromatic nitrogens is 4. The lowest BCUT2D eigenvalue weighted by molar-refractivity contribution is 0.155. The van der Waals surface area contributed by atoms with Crippen LogP contribution in [-0.2, 0) is 10.3 Å². The fourth-order valence-corrected chi connectivity index (χ4v) is 2.53. The van der Waals surface area contributed by atoms with E-state index in [1.807, 2.05) is 29.8 Å². The predicted molar refractivity (Wildman–Crippen MR) is 71.5 cm³/mol. The van der Waals surface area contributed by atoms with E-state index in [2.05, 4.69) is 22.4 Å². The zero-order valence-electron chi connectivity index (χ0n) is 11.1. The molecule has 1 fully saturated rings. The highest BCUT2D eigenvalue weighted by atomic mass is 16.5. The molecule has 6 heteroatoms. The maximum atomic E-state index is 6.08. The molecule has 0 saturated carbocycles. The number of anilines is 1. The molecule has 100 valence electrons. The summed E-state index contributed by atoms with van der Waals surface area (Å²) in [5.74, 6) is 0.712. The van der Waals surface area contributed by atoms with E-state index in [9.17, 15) is 0 Å². The summed E-state index contributed by atoms with van der Waals surface area (Å²) < 4.78 is 7.33. The topological polar surface area (TPSA) is 78.9 Å². The van der Waals surface area contributed by atoms with Gasteiger partial charge >= 0.3 is 0 Å². The average Bonchev–Trinajstić information content (AvgIpc) is 2.99. The molecule has 6 nitrogen and oxygen atoms in total. The van der Waals surface area contributed by atoms with Crippen molar-refractivity contribution < 1.29 is 4.74 Å². The van der Waals surface area contributed by atoms with Gasteiger partial charge in [0.1, 0.15) is 0 Å². The summed E-state index contributed by atoms with van der Waals surface area (Å²) in [7, 11) is 0. The van der Waals surface area contributed by atoms with Crippen LogP contribution in [0.25, 0.3) is 11.4 Å². The minimum atomic E-state index is -0.201. The van der Waals surface area contributed by atoms with Crippen LogP contribution < -0.4 is 5.73 Å². The lowest BCUT2D eigenvalue weighted by Crippen LogP contribution is -2.32. The summed E-state index contributed by atoms with van der Waals surface area (Å²) in [6, 6.07) is 5.82. The largest absolute Gasteiger partial charge is 0.398 e. The standard InChI is InChI=1S/C13H17N5O/c1-9-4-3-5-10(14)11(9)12-15-16-17-18(12)13(2)6-7-19-8-13/h3-5H,6-8,14H2,1-2H3. The van der Waals surface area contributed by atoms with Gasteiger partial charge in [0.05, 0.1) is 12.1 Å². The molecule has 1 aliphatic rings. The number of nitrogens with zero attached hydrogens (tertiary/aromatic N) is 4. The number of aryl methyl sites for hydroxylation is 1. The predicted octanol–water partition coefficient (Wildman–Crippen LogP) is 1.37. The van der Waals surface area contributed by atoms with Crippen LogP contribution in [0.5, 0.6) is 0 Å². The van der Waals surface area contributed by atoms with Gasteiger partial charge < -0.3 is 10.5 Å². The van der Waals surface area contributed by atoms with Crippen molar-refractivity contribution in [3.8, 4) is 11.4 Å². The van der Waals surface area contributed by atoms with Gasteiger partial charge in [-0.05, 0) is 42.3 Å². The Labute approximate surface area is 111 Å². The molecule has 1 aromatic heterocycles. The van der Waals surface area contributed by atoms with Gasteiger partial charge in [0.25, 0.3) is 0 Å². The summed E-state index contributed by atoms with van der Waals surface area (Å²) in [6.07, 6.45) is 0.900. The molecule has 0 aliphatic carbocycles. The lowest BCUT2D eigenvalue weighted by Gasteiger charge is -2.23. The molecule has 1 atom stereocenters. The van der Waals surface area contributed by atoms with Gasteiger partial charge in [-0.1, -0.05) is 12.1 Å². The fraction of sp³-hybridized carbons (Fsp3) is 0.462. The van der Waals surface area contributed by atoms with Crippen molar-refractivity contribution >= 4 is 5.69 Å². The third-order valence-electron chi connectivity index (χ3n) is 3.71. The van der Waals surface area contributed by atoms with Crippen molar-refractivity contribution in [1.82, 2.24) is 20.2 Å². The van der Waals surface area contributed by atoms with Crippen molar-refractivity contribution in [3.63, 3.8) is 0 Å². The molecule has 3 rings (SSSR count). The quantitative estimate of drug-likeness (QED) is 0.824. The normalized spacial score (nSPS) is 22.8. The maximum absolute atomic E-state index is 6.08. The summed E-state index contributed by atoms with van der Waals surface area (Å²) >= 11 is 0. The van der Waals surface area contributed by atoms with Gasteiger partial charge in [0.15, 0.2) is 5.82 Å². The Hall–Kier alpha value is -1.95. The fourth-order valence-electron chi connectivity index (χ4n) is 2.53. The SMILES string of the molecule is Cc1cccc(N)c1-c1nnnn1C1(C)CCOC1. The van der Waals surface area contributed by atoms with Crippen molar-refractivity contribution in [2.45, 2.75) is 25.8 Å². The number of hydrogen-bond donors (Lipinski definition) is 1. The van der Waals surface area contributed by atoms with E-state index in [0.29, 0.717) is 18.1 Å². The van der Waals surface area contributed by atoms with Crippen molar-refractivity contribution in [3.05, 3.63) is 23.8 Å². The zero-order chi connectivity index (χ0) is 13.5. The molecule has 0 bridgehead atoms. The number of tetrazole rings is 1. The molecule has 2 N–H and O–H groups in total. The molecule has 19 heavy (non-hydrogen) atoms. The van der Waals surface area contributed by atoms with Gasteiger partial charge in [0.2, 0.25) is 0 Å². The first-order chi connectivity index (χ1) is 9.12. The minimum Gasteiger partial charge on any atom is -0.398 e. The van der Waals surface area contributed by atoms with Gasteiger partial charge in [-0.25, -0.2) is 4.68 Å². The first-order valence-electron chi connectivity index (χ1n) is 6.34. The van der Waals surface area contributed by atoms with Crippen LogP contribution in [0.3, 0.4) is 0 Å². The van der Waals surface area contributed by atoms with E-state index >= 15 is 0 Å².